The van der Waals surface area contributed by atoms with Crippen molar-refractivity contribution in [2.45, 2.75) is 6.61 Å². The van der Waals surface area contributed by atoms with E-state index in [1.165, 1.54) is 33.5 Å². The molecule has 0 radical (unpaired) electrons. The fourth-order valence-corrected chi connectivity index (χ4v) is 4.19. The number of rotatable bonds is 9. The van der Waals surface area contributed by atoms with E-state index in [-0.39, 0.29) is 22.8 Å². The van der Waals surface area contributed by atoms with E-state index in [0.717, 1.165) is 11.1 Å². The second-order valence-corrected chi connectivity index (χ2v) is 8.64. The molecule has 4 aromatic rings. The molecule has 7 heteroatoms. The van der Waals surface area contributed by atoms with E-state index in [0.29, 0.717) is 28.4 Å². The number of benzene rings is 4. The van der Waals surface area contributed by atoms with E-state index >= 15 is 0 Å². The number of ether oxygens (including phenoxy) is 4. The maximum absolute atomic E-state index is 14.3. The minimum Gasteiger partial charge on any atom is -0.493 e. The van der Waals surface area contributed by atoms with Crippen LogP contribution in [-0.2, 0) is 16.1 Å². The van der Waals surface area contributed by atoms with Gasteiger partial charge in [0, 0.05) is 5.56 Å². The predicted molar refractivity (Wildman–Crippen MR) is 147 cm³/mol. The molecule has 0 atom stereocenters. The molecule has 0 aliphatic heterocycles. The van der Waals surface area contributed by atoms with Gasteiger partial charge in [-0.2, -0.15) is 0 Å². The molecule has 0 aliphatic carbocycles. The fraction of sp³-hybridized carbons (Fsp3) is 0.129. The van der Waals surface area contributed by atoms with E-state index in [4.69, 9.17) is 30.5 Å². The molecule has 0 aromatic heterocycles. The molecule has 4 aromatic carbocycles. The topological polar surface area (TPSA) is 54.0 Å². The highest BCUT2D eigenvalue weighted by molar-refractivity contribution is 6.31. The van der Waals surface area contributed by atoms with Crippen molar-refractivity contribution < 1.29 is 28.1 Å². The predicted octanol–water partition coefficient (Wildman–Crippen LogP) is 7.46. The van der Waals surface area contributed by atoms with Crippen LogP contribution in [0.2, 0.25) is 5.02 Å². The van der Waals surface area contributed by atoms with Gasteiger partial charge in [0.25, 0.3) is 0 Å². The Morgan fingerprint density at radius 3 is 2.03 bits per heavy atom. The number of esters is 1. The zero-order valence-electron chi connectivity index (χ0n) is 21.2. The molecular formula is C31H26ClFO5. The molecule has 0 saturated carbocycles. The van der Waals surface area contributed by atoms with Gasteiger partial charge in [0.2, 0.25) is 5.75 Å². The highest BCUT2D eigenvalue weighted by atomic mass is 35.5. The van der Waals surface area contributed by atoms with Gasteiger partial charge in [-0.3, -0.25) is 0 Å². The lowest BCUT2D eigenvalue weighted by Gasteiger charge is -2.14. The van der Waals surface area contributed by atoms with Gasteiger partial charge in [-0.05, 0) is 52.6 Å². The molecule has 0 unspecified atom stereocenters. The summed E-state index contributed by atoms with van der Waals surface area (Å²) in [5.41, 5.74) is 3.63. The van der Waals surface area contributed by atoms with Crippen molar-refractivity contribution in [3.63, 3.8) is 0 Å². The molecule has 0 saturated heterocycles. The molecule has 0 heterocycles. The first-order valence-electron chi connectivity index (χ1n) is 11.7. The van der Waals surface area contributed by atoms with Crippen molar-refractivity contribution in [1.82, 2.24) is 0 Å². The molecular weight excluding hydrogens is 507 g/mol. The average Bonchev–Trinajstić information content (AvgIpc) is 2.95. The zero-order chi connectivity index (χ0) is 27.1. The van der Waals surface area contributed by atoms with Crippen LogP contribution < -0.4 is 14.2 Å². The lowest BCUT2D eigenvalue weighted by atomic mass is 9.98. The van der Waals surface area contributed by atoms with Crippen LogP contribution in [0.5, 0.6) is 17.2 Å². The normalized spacial score (nSPS) is 11.1. The van der Waals surface area contributed by atoms with Gasteiger partial charge in [0.15, 0.2) is 11.5 Å². The summed E-state index contributed by atoms with van der Waals surface area (Å²) in [7, 11) is 4.54. The zero-order valence-corrected chi connectivity index (χ0v) is 21.9. The lowest BCUT2D eigenvalue weighted by Crippen LogP contribution is -2.09. The Bertz CT molecular complexity index is 1400. The maximum Gasteiger partial charge on any atom is 0.339 e. The van der Waals surface area contributed by atoms with Crippen LogP contribution in [0.1, 0.15) is 16.7 Å². The third-order valence-electron chi connectivity index (χ3n) is 5.93. The molecule has 38 heavy (non-hydrogen) atoms. The molecule has 0 fully saturated rings. The van der Waals surface area contributed by atoms with Gasteiger partial charge in [-0.15, -0.1) is 0 Å². The van der Waals surface area contributed by atoms with Crippen LogP contribution >= 0.6 is 11.6 Å². The second kappa shape index (κ2) is 12.3. The van der Waals surface area contributed by atoms with E-state index in [2.05, 4.69) is 0 Å². The van der Waals surface area contributed by atoms with Gasteiger partial charge in [-0.25, -0.2) is 9.18 Å². The van der Waals surface area contributed by atoms with Crippen LogP contribution in [0.15, 0.2) is 84.9 Å². The van der Waals surface area contributed by atoms with E-state index in [1.807, 2.05) is 54.6 Å². The van der Waals surface area contributed by atoms with Crippen molar-refractivity contribution in [1.29, 1.82) is 0 Å². The summed E-state index contributed by atoms with van der Waals surface area (Å²) in [5.74, 6) is 0.0997. The minimum atomic E-state index is -0.648. The summed E-state index contributed by atoms with van der Waals surface area (Å²) in [5, 5.41) is 0.181. The summed E-state index contributed by atoms with van der Waals surface area (Å²) in [6.07, 6.45) is 1.66. The number of hydrogen-bond donors (Lipinski definition) is 0. The molecule has 0 spiro atoms. The molecule has 5 nitrogen and oxygen atoms in total. The van der Waals surface area contributed by atoms with Crippen LogP contribution in [0, 0.1) is 5.82 Å². The lowest BCUT2D eigenvalue weighted by molar-refractivity contribution is -0.137. The first-order valence-corrected chi connectivity index (χ1v) is 12.1. The molecule has 4 rings (SSSR count). The Morgan fingerprint density at radius 2 is 1.45 bits per heavy atom. The molecule has 0 bridgehead atoms. The van der Waals surface area contributed by atoms with Gasteiger partial charge >= 0.3 is 5.97 Å². The minimum absolute atomic E-state index is 0.106. The Morgan fingerprint density at radius 1 is 0.816 bits per heavy atom. The van der Waals surface area contributed by atoms with Gasteiger partial charge in [0.1, 0.15) is 12.4 Å². The Hall–Kier alpha value is -4.29. The third-order valence-corrected chi connectivity index (χ3v) is 6.28. The van der Waals surface area contributed by atoms with Crippen molar-refractivity contribution in [3.05, 3.63) is 112 Å². The van der Waals surface area contributed by atoms with Crippen molar-refractivity contribution >= 4 is 29.2 Å². The number of hydrogen-bond acceptors (Lipinski definition) is 5. The molecule has 0 aliphatic rings. The standard InChI is InChI=1S/C31H26ClFO5/c1-35-28-17-20(18-29(36-2)30(28)37-3)16-24(31(34)38-19-25-26(32)10-7-11-27(25)33)23-14-12-22(13-15-23)21-8-5-4-6-9-21/h4-18H,19H2,1-3H3/b24-16+. The van der Waals surface area contributed by atoms with Crippen molar-refractivity contribution in [3.8, 4) is 28.4 Å². The van der Waals surface area contributed by atoms with Gasteiger partial charge < -0.3 is 18.9 Å². The van der Waals surface area contributed by atoms with Crippen LogP contribution in [0.25, 0.3) is 22.8 Å². The van der Waals surface area contributed by atoms with E-state index in [1.54, 1.807) is 24.3 Å². The number of halogens is 2. The number of methoxy groups -OCH3 is 3. The summed E-state index contributed by atoms with van der Waals surface area (Å²) < 4.78 is 36.1. The van der Waals surface area contributed by atoms with Crippen molar-refractivity contribution in [2.24, 2.45) is 0 Å². The fourth-order valence-electron chi connectivity index (χ4n) is 3.97. The van der Waals surface area contributed by atoms with E-state index < -0.39 is 11.8 Å². The van der Waals surface area contributed by atoms with E-state index in [9.17, 15) is 9.18 Å². The van der Waals surface area contributed by atoms with Crippen molar-refractivity contribution in [2.75, 3.05) is 21.3 Å². The second-order valence-electron chi connectivity index (χ2n) is 8.24. The summed E-state index contributed by atoms with van der Waals surface area (Å²) in [6, 6.07) is 25.2. The SMILES string of the molecule is COc1cc(/C=C(/C(=O)OCc2c(F)cccc2Cl)c2ccc(-c3ccccc3)cc2)cc(OC)c1OC. The Balaban J connectivity index is 1.74. The summed E-state index contributed by atoms with van der Waals surface area (Å²) in [4.78, 5) is 13.4. The Kier molecular flexibility index (Phi) is 8.66. The van der Waals surface area contributed by atoms with Gasteiger partial charge in [-0.1, -0.05) is 72.3 Å². The summed E-state index contributed by atoms with van der Waals surface area (Å²) >= 11 is 6.12. The highest BCUT2D eigenvalue weighted by Gasteiger charge is 2.19. The first-order chi connectivity index (χ1) is 18.4. The molecule has 194 valence electrons. The average molecular weight is 533 g/mol. The Labute approximate surface area is 226 Å². The largest absolute Gasteiger partial charge is 0.493 e. The van der Waals surface area contributed by atoms with Gasteiger partial charge in [0.05, 0.1) is 31.9 Å². The molecule has 0 N–H and O–H groups in total. The smallest absolute Gasteiger partial charge is 0.339 e. The van der Waals surface area contributed by atoms with Crippen LogP contribution in [0.3, 0.4) is 0 Å². The highest BCUT2D eigenvalue weighted by Crippen LogP contribution is 2.39. The third kappa shape index (κ3) is 5.98. The van der Waals surface area contributed by atoms with Crippen LogP contribution in [-0.4, -0.2) is 27.3 Å². The van der Waals surface area contributed by atoms with Crippen LogP contribution in [0.4, 0.5) is 4.39 Å². The molecule has 0 amide bonds. The number of carbonyl (C=O) groups excluding carboxylic acids is 1. The maximum atomic E-state index is 14.3. The first kappa shape index (κ1) is 26.8. The monoisotopic (exact) mass is 532 g/mol. The quantitative estimate of drug-likeness (QED) is 0.127. The summed E-state index contributed by atoms with van der Waals surface area (Å²) in [6.45, 7) is -0.320. The number of carbonyl (C=O) groups is 1.